The van der Waals surface area contributed by atoms with Crippen molar-refractivity contribution in [1.82, 2.24) is 5.32 Å². The molecular formula is C22H16N2O3S3. The van der Waals surface area contributed by atoms with Crippen LogP contribution in [0.15, 0.2) is 76.5 Å². The molecule has 8 heteroatoms. The third-order valence-corrected chi connectivity index (χ3v) is 6.67. The second kappa shape index (κ2) is 8.83. The topological polar surface area (TPSA) is 58.6 Å². The van der Waals surface area contributed by atoms with Crippen LogP contribution in [-0.4, -0.2) is 23.2 Å². The van der Waals surface area contributed by atoms with Gasteiger partial charge >= 0.3 is 0 Å². The van der Waals surface area contributed by atoms with E-state index in [-0.39, 0.29) is 10.7 Å². The van der Waals surface area contributed by atoms with E-state index in [0.717, 1.165) is 9.09 Å². The highest BCUT2D eigenvalue weighted by Gasteiger charge is 2.34. The molecule has 0 bridgehead atoms. The van der Waals surface area contributed by atoms with Crippen molar-refractivity contribution >= 4 is 64.0 Å². The highest BCUT2D eigenvalue weighted by Crippen LogP contribution is 2.29. The summed E-state index contributed by atoms with van der Waals surface area (Å²) in [6.45, 7) is 0. The SMILES string of the molecule is CSc1ccc(/C=C2\C(=O)NC(=S)N(c3ccc(Oc4ccccc4)cc3)C2=O)s1. The van der Waals surface area contributed by atoms with Crippen LogP contribution >= 0.6 is 35.3 Å². The Morgan fingerprint density at radius 2 is 1.70 bits per heavy atom. The summed E-state index contributed by atoms with van der Waals surface area (Å²) in [6.07, 6.45) is 3.58. The van der Waals surface area contributed by atoms with Gasteiger partial charge < -0.3 is 4.74 Å². The molecule has 150 valence electrons. The molecule has 0 unspecified atom stereocenters. The fraction of sp³-hybridized carbons (Fsp3) is 0.0455. The van der Waals surface area contributed by atoms with Gasteiger partial charge in [0.1, 0.15) is 17.1 Å². The van der Waals surface area contributed by atoms with Crippen LogP contribution in [0.1, 0.15) is 4.88 Å². The molecule has 0 spiro atoms. The number of hydrogen-bond acceptors (Lipinski definition) is 6. The van der Waals surface area contributed by atoms with Gasteiger partial charge in [0.05, 0.1) is 9.90 Å². The van der Waals surface area contributed by atoms with Crippen LogP contribution in [0, 0.1) is 0 Å². The fourth-order valence-corrected chi connectivity index (χ4v) is 4.63. The molecular weight excluding hydrogens is 436 g/mol. The van der Waals surface area contributed by atoms with Crippen molar-refractivity contribution in [2.45, 2.75) is 4.21 Å². The Hall–Kier alpha value is -2.94. The number of carbonyl (C=O) groups excluding carboxylic acids is 2. The molecule has 1 N–H and O–H groups in total. The van der Waals surface area contributed by atoms with Gasteiger partial charge in [0, 0.05) is 4.88 Å². The summed E-state index contributed by atoms with van der Waals surface area (Å²) < 4.78 is 6.89. The summed E-state index contributed by atoms with van der Waals surface area (Å²) in [5.41, 5.74) is 0.593. The lowest BCUT2D eigenvalue weighted by Gasteiger charge is -2.28. The molecule has 2 amide bonds. The molecule has 1 aliphatic heterocycles. The first kappa shape index (κ1) is 20.3. The lowest BCUT2D eigenvalue weighted by atomic mass is 10.1. The Kier molecular flexibility index (Phi) is 5.98. The molecule has 2 aromatic carbocycles. The molecule has 0 radical (unpaired) electrons. The van der Waals surface area contributed by atoms with E-state index in [1.54, 1.807) is 42.1 Å². The summed E-state index contributed by atoms with van der Waals surface area (Å²) in [4.78, 5) is 27.6. The molecule has 1 aromatic heterocycles. The van der Waals surface area contributed by atoms with Crippen molar-refractivity contribution in [3.63, 3.8) is 0 Å². The van der Waals surface area contributed by atoms with Gasteiger partial charge in [-0.3, -0.25) is 19.8 Å². The number of nitrogens with one attached hydrogen (secondary N) is 1. The number of para-hydroxylation sites is 1. The van der Waals surface area contributed by atoms with E-state index in [2.05, 4.69) is 5.32 Å². The minimum atomic E-state index is -0.496. The lowest BCUT2D eigenvalue weighted by Crippen LogP contribution is -2.54. The van der Waals surface area contributed by atoms with Gasteiger partial charge in [-0.1, -0.05) is 18.2 Å². The van der Waals surface area contributed by atoms with Gasteiger partial charge in [0.25, 0.3) is 11.8 Å². The normalized spacial score (nSPS) is 15.4. The monoisotopic (exact) mass is 452 g/mol. The van der Waals surface area contributed by atoms with Gasteiger partial charge in [0.15, 0.2) is 5.11 Å². The predicted octanol–water partition coefficient (Wildman–Crippen LogP) is 5.09. The van der Waals surface area contributed by atoms with Crippen LogP contribution in [0.3, 0.4) is 0 Å². The molecule has 30 heavy (non-hydrogen) atoms. The van der Waals surface area contributed by atoms with E-state index in [1.165, 1.54) is 16.2 Å². The van der Waals surface area contributed by atoms with Crippen LogP contribution in [0.2, 0.25) is 0 Å². The summed E-state index contributed by atoms with van der Waals surface area (Å²) in [7, 11) is 0. The first-order chi connectivity index (χ1) is 14.5. The number of thiocarbonyl (C=S) groups is 1. The smallest absolute Gasteiger partial charge is 0.270 e. The number of ether oxygens (including phenoxy) is 1. The van der Waals surface area contributed by atoms with Crippen molar-refractivity contribution in [2.24, 2.45) is 0 Å². The molecule has 5 nitrogen and oxygen atoms in total. The van der Waals surface area contributed by atoms with Crippen molar-refractivity contribution in [1.29, 1.82) is 0 Å². The number of carbonyl (C=O) groups is 2. The summed E-state index contributed by atoms with van der Waals surface area (Å²) in [6, 6.07) is 20.2. The highest BCUT2D eigenvalue weighted by molar-refractivity contribution is 8.00. The first-order valence-corrected chi connectivity index (χ1v) is 11.4. The van der Waals surface area contributed by atoms with Crippen LogP contribution in [0.5, 0.6) is 11.5 Å². The van der Waals surface area contributed by atoms with E-state index >= 15 is 0 Å². The zero-order chi connectivity index (χ0) is 21.1. The van der Waals surface area contributed by atoms with Crippen LogP contribution in [0.4, 0.5) is 5.69 Å². The van der Waals surface area contributed by atoms with Gasteiger partial charge in [-0.05, 0) is 73.1 Å². The van der Waals surface area contributed by atoms with Crippen LogP contribution < -0.4 is 15.0 Å². The predicted molar refractivity (Wildman–Crippen MR) is 125 cm³/mol. The molecule has 4 rings (SSSR count). The minimum absolute atomic E-state index is 0.0442. The standard InChI is InChI=1S/C22H16N2O3S3/c1-29-19-12-11-17(30-19)13-18-20(25)23-22(28)24(21(18)26)14-7-9-16(10-8-14)27-15-5-3-2-4-6-15/h2-13H,1H3,(H,23,25,28)/b18-13+. The lowest BCUT2D eigenvalue weighted by molar-refractivity contribution is -0.122. The number of thioether (sulfide) groups is 1. The quantitative estimate of drug-likeness (QED) is 0.253. The minimum Gasteiger partial charge on any atom is -0.457 e. The van der Waals surface area contributed by atoms with Crippen LogP contribution in [0.25, 0.3) is 6.08 Å². The molecule has 3 aromatic rings. The van der Waals surface area contributed by atoms with Crippen molar-refractivity contribution in [3.05, 3.63) is 77.2 Å². The Balaban J connectivity index is 1.58. The second-order valence-corrected chi connectivity index (χ2v) is 8.84. The number of hydrogen-bond donors (Lipinski definition) is 1. The van der Waals surface area contributed by atoms with Gasteiger partial charge in [-0.15, -0.1) is 23.1 Å². The van der Waals surface area contributed by atoms with Gasteiger partial charge in [-0.2, -0.15) is 0 Å². The Morgan fingerprint density at radius 3 is 2.37 bits per heavy atom. The average molecular weight is 453 g/mol. The first-order valence-electron chi connectivity index (χ1n) is 8.93. The number of nitrogens with zero attached hydrogens (tertiary/aromatic N) is 1. The molecule has 1 saturated heterocycles. The van der Waals surface area contributed by atoms with Crippen LogP contribution in [-0.2, 0) is 9.59 Å². The van der Waals surface area contributed by atoms with E-state index in [9.17, 15) is 9.59 Å². The average Bonchev–Trinajstić information content (AvgIpc) is 3.21. The van der Waals surface area contributed by atoms with E-state index in [1.807, 2.05) is 48.7 Å². The third kappa shape index (κ3) is 4.30. The molecule has 2 heterocycles. The maximum absolute atomic E-state index is 13.1. The molecule has 0 saturated carbocycles. The number of amides is 2. The Labute approximate surface area is 187 Å². The zero-order valence-electron chi connectivity index (χ0n) is 15.8. The number of anilines is 1. The number of thiophene rings is 1. The molecule has 1 aliphatic rings. The van der Waals surface area contributed by atoms with E-state index < -0.39 is 11.8 Å². The van der Waals surface area contributed by atoms with Crippen molar-refractivity contribution < 1.29 is 14.3 Å². The zero-order valence-corrected chi connectivity index (χ0v) is 18.3. The molecule has 0 aliphatic carbocycles. The third-order valence-electron chi connectivity index (χ3n) is 4.27. The largest absolute Gasteiger partial charge is 0.457 e. The summed E-state index contributed by atoms with van der Waals surface area (Å²) >= 11 is 8.39. The van der Waals surface area contributed by atoms with Gasteiger partial charge in [0.2, 0.25) is 0 Å². The Bertz CT molecular complexity index is 1140. The number of rotatable bonds is 5. The van der Waals surface area contributed by atoms with E-state index in [0.29, 0.717) is 17.2 Å². The van der Waals surface area contributed by atoms with Crippen molar-refractivity contribution in [2.75, 3.05) is 11.2 Å². The molecule has 1 fully saturated rings. The summed E-state index contributed by atoms with van der Waals surface area (Å²) in [5, 5.41) is 2.65. The molecule has 0 atom stereocenters. The number of benzene rings is 2. The Morgan fingerprint density at radius 1 is 1.00 bits per heavy atom. The van der Waals surface area contributed by atoms with E-state index in [4.69, 9.17) is 17.0 Å². The maximum Gasteiger partial charge on any atom is 0.270 e. The second-order valence-electron chi connectivity index (χ2n) is 6.23. The van der Waals surface area contributed by atoms with Gasteiger partial charge in [-0.25, -0.2) is 0 Å². The highest BCUT2D eigenvalue weighted by atomic mass is 32.2. The fourth-order valence-electron chi connectivity index (χ4n) is 2.84. The maximum atomic E-state index is 13.1. The van der Waals surface area contributed by atoms with Crippen molar-refractivity contribution in [3.8, 4) is 11.5 Å². The summed E-state index contributed by atoms with van der Waals surface area (Å²) in [5.74, 6) is 0.389.